The molecule has 2 aromatic carbocycles. The van der Waals surface area contributed by atoms with E-state index in [1.54, 1.807) is 17.5 Å². The van der Waals surface area contributed by atoms with E-state index in [0.29, 0.717) is 28.6 Å². The molecule has 0 aliphatic rings. The standard InChI is InChI=1S/C21H18BrN3O4S/c1-27-17-7-12(8-18(28-2)19(17)29-3)24-20(26)16-10-30-21(25-16)14-9-23-15-5-4-11(22)6-13(14)15/h4-10,23H,1-3H3,(H,24,26). The van der Waals surface area contributed by atoms with Crippen molar-refractivity contribution in [3.05, 3.63) is 52.1 Å². The second-order valence-corrected chi connectivity index (χ2v) is 8.07. The number of nitrogens with zero attached hydrogens (tertiary/aromatic N) is 1. The van der Waals surface area contributed by atoms with Gasteiger partial charge in [0, 0.05) is 50.3 Å². The minimum Gasteiger partial charge on any atom is -0.493 e. The Labute approximate surface area is 185 Å². The fourth-order valence-corrected chi connectivity index (χ4v) is 4.31. The Hall–Kier alpha value is -3.04. The molecule has 0 spiro atoms. The summed E-state index contributed by atoms with van der Waals surface area (Å²) in [6.45, 7) is 0. The van der Waals surface area contributed by atoms with Crippen molar-refractivity contribution >= 4 is 49.8 Å². The van der Waals surface area contributed by atoms with Crippen molar-refractivity contribution in [2.75, 3.05) is 26.6 Å². The van der Waals surface area contributed by atoms with Gasteiger partial charge in [0.25, 0.3) is 5.91 Å². The normalized spacial score (nSPS) is 10.8. The Balaban J connectivity index is 1.61. The second-order valence-electron chi connectivity index (χ2n) is 6.30. The predicted octanol–water partition coefficient (Wildman–Crippen LogP) is 5.33. The monoisotopic (exact) mass is 487 g/mol. The highest BCUT2D eigenvalue weighted by atomic mass is 79.9. The topological polar surface area (TPSA) is 85.5 Å². The Morgan fingerprint density at radius 1 is 1.10 bits per heavy atom. The van der Waals surface area contributed by atoms with Crippen molar-refractivity contribution in [3.8, 4) is 27.8 Å². The van der Waals surface area contributed by atoms with Gasteiger partial charge in [-0.25, -0.2) is 4.98 Å². The van der Waals surface area contributed by atoms with Crippen molar-refractivity contribution in [2.45, 2.75) is 0 Å². The maximum absolute atomic E-state index is 12.8. The van der Waals surface area contributed by atoms with Crippen molar-refractivity contribution in [1.82, 2.24) is 9.97 Å². The largest absolute Gasteiger partial charge is 0.493 e. The van der Waals surface area contributed by atoms with Crippen LogP contribution in [0.3, 0.4) is 0 Å². The highest BCUT2D eigenvalue weighted by molar-refractivity contribution is 9.10. The number of rotatable bonds is 6. The van der Waals surface area contributed by atoms with Gasteiger partial charge in [-0.15, -0.1) is 11.3 Å². The number of hydrogen-bond donors (Lipinski definition) is 2. The minimum atomic E-state index is -0.326. The molecule has 0 bridgehead atoms. The van der Waals surface area contributed by atoms with E-state index in [4.69, 9.17) is 14.2 Å². The lowest BCUT2D eigenvalue weighted by atomic mass is 10.2. The molecule has 1 amide bonds. The zero-order chi connectivity index (χ0) is 21.3. The third-order valence-electron chi connectivity index (χ3n) is 4.53. The van der Waals surface area contributed by atoms with Gasteiger partial charge in [-0.05, 0) is 18.2 Å². The fourth-order valence-electron chi connectivity index (χ4n) is 3.12. The van der Waals surface area contributed by atoms with Crippen molar-refractivity contribution in [3.63, 3.8) is 0 Å². The van der Waals surface area contributed by atoms with E-state index in [2.05, 4.69) is 31.2 Å². The first-order valence-electron chi connectivity index (χ1n) is 8.88. The number of benzene rings is 2. The van der Waals surface area contributed by atoms with Gasteiger partial charge in [-0.3, -0.25) is 4.79 Å². The fraction of sp³-hybridized carbons (Fsp3) is 0.143. The van der Waals surface area contributed by atoms with Gasteiger partial charge in [-0.1, -0.05) is 15.9 Å². The van der Waals surface area contributed by atoms with Crippen LogP contribution in [0, 0.1) is 0 Å². The Morgan fingerprint density at radius 2 is 1.83 bits per heavy atom. The molecule has 7 nitrogen and oxygen atoms in total. The molecule has 0 radical (unpaired) electrons. The molecule has 0 saturated carbocycles. The van der Waals surface area contributed by atoms with E-state index >= 15 is 0 Å². The highest BCUT2D eigenvalue weighted by Gasteiger charge is 2.18. The number of H-pyrrole nitrogens is 1. The highest BCUT2D eigenvalue weighted by Crippen LogP contribution is 2.40. The van der Waals surface area contributed by atoms with E-state index < -0.39 is 0 Å². The number of halogens is 1. The first-order chi connectivity index (χ1) is 14.5. The Bertz CT molecular complexity index is 1210. The van der Waals surface area contributed by atoms with Crippen LogP contribution < -0.4 is 19.5 Å². The molecule has 2 N–H and O–H groups in total. The zero-order valence-electron chi connectivity index (χ0n) is 16.4. The molecule has 30 heavy (non-hydrogen) atoms. The molecule has 0 unspecified atom stereocenters. The van der Waals surface area contributed by atoms with Crippen LogP contribution in [0.15, 0.2) is 46.4 Å². The Morgan fingerprint density at radius 3 is 2.50 bits per heavy atom. The number of carbonyl (C=O) groups is 1. The number of carbonyl (C=O) groups excluding carboxylic acids is 1. The number of anilines is 1. The molecule has 0 aliphatic heterocycles. The molecule has 0 aliphatic carbocycles. The van der Waals surface area contributed by atoms with Crippen LogP contribution in [0.5, 0.6) is 17.2 Å². The summed E-state index contributed by atoms with van der Waals surface area (Å²) < 4.78 is 17.0. The molecule has 154 valence electrons. The Kier molecular flexibility index (Phi) is 5.65. The average molecular weight is 488 g/mol. The number of fused-ring (bicyclic) bond motifs is 1. The smallest absolute Gasteiger partial charge is 0.275 e. The average Bonchev–Trinajstić information content (AvgIpc) is 3.39. The molecule has 2 heterocycles. The molecule has 9 heteroatoms. The zero-order valence-corrected chi connectivity index (χ0v) is 18.8. The number of methoxy groups -OCH3 is 3. The number of hydrogen-bond acceptors (Lipinski definition) is 6. The summed E-state index contributed by atoms with van der Waals surface area (Å²) in [4.78, 5) is 20.5. The third-order valence-corrected chi connectivity index (χ3v) is 5.90. The van der Waals surface area contributed by atoms with Gasteiger partial charge < -0.3 is 24.5 Å². The van der Waals surface area contributed by atoms with Crippen LogP contribution >= 0.6 is 27.3 Å². The van der Waals surface area contributed by atoms with E-state index in [1.807, 2.05) is 24.4 Å². The number of thiazole rings is 1. The minimum absolute atomic E-state index is 0.326. The van der Waals surface area contributed by atoms with Gasteiger partial charge >= 0.3 is 0 Å². The van der Waals surface area contributed by atoms with Gasteiger partial charge in [0.1, 0.15) is 10.7 Å². The van der Waals surface area contributed by atoms with E-state index in [-0.39, 0.29) is 5.91 Å². The predicted molar refractivity (Wildman–Crippen MR) is 121 cm³/mol. The number of aromatic amines is 1. The summed E-state index contributed by atoms with van der Waals surface area (Å²) in [6, 6.07) is 9.33. The van der Waals surface area contributed by atoms with Crippen LogP contribution in [0.1, 0.15) is 10.5 Å². The molecule has 4 rings (SSSR count). The lowest BCUT2D eigenvalue weighted by Gasteiger charge is -2.14. The lowest BCUT2D eigenvalue weighted by Crippen LogP contribution is -2.12. The molecule has 0 atom stereocenters. The molecule has 0 fully saturated rings. The van der Waals surface area contributed by atoms with Crippen LogP contribution in [-0.2, 0) is 0 Å². The van der Waals surface area contributed by atoms with Crippen molar-refractivity contribution < 1.29 is 19.0 Å². The van der Waals surface area contributed by atoms with Crippen LogP contribution in [0.25, 0.3) is 21.5 Å². The van der Waals surface area contributed by atoms with E-state index in [0.717, 1.165) is 25.9 Å². The molecular formula is C21H18BrN3O4S. The molecule has 2 aromatic heterocycles. The second kappa shape index (κ2) is 8.37. The lowest BCUT2D eigenvalue weighted by molar-refractivity contribution is 0.102. The molecule has 0 saturated heterocycles. The van der Waals surface area contributed by atoms with Crippen LogP contribution in [0.2, 0.25) is 0 Å². The van der Waals surface area contributed by atoms with E-state index in [1.165, 1.54) is 32.7 Å². The number of aromatic nitrogens is 2. The van der Waals surface area contributed by atoms with Crippen LogP contribution in [0.4, 0.5) is 5.69 Å². The third kappa shape index (κ3) is 3.73. The van der Waals surface area contributed by atoms with Gasteiger partial charge in [0.05, 0.1) is 21.3 Å². The summed E-state index contributed by atoms with van der Waals surface area (Å²) in [5.41, 5.74) is 2.79. The quantitative estimate of drug-likeness (QED) is 0.383. The maximum Gasteiger partial charge on any atom is 0.275 e. The summed E-state index contributed by atoms with van der Waals surface area (Å²) in [7, 11) is 4.57. The summed E-state index contributed by atoms with van der Waals surface area (Å²) >= 11 is 4.91. The van der Waals surface area contributed by atoms with Crippen molar-refractivity contribution in [1.29, 1.82) is 0 Å². The maximum atomic E-state index is 12.8. The van der Waals surface area contributed by atoms with Gasteiger partial charge in [0.15, 0.2) is 11.5 Å². The summed E-state index contributed by atoms with van der Waals surface area (Å²) in [5.74, 6) is 1.04. The van der Waals surface area contributed by atoms with Gasteiger partial charge in [-0.2, -0.15) is 0 Å². The number of ether oxygens (including phenoxy) is 3. The van der Waals surface area contributed by atoms with Crippen LogP contribution in [-0.4, -0.2) is 37.2 Å². The molecule has 4 aromatic rings. The summed E-state index contributed by atoms with van der Waals surface area (Å²) in [5, 5.41) is 6.37. The summed E-state index contributed by atoms with van der Waals surface area (Å²) in [6.07, 6.45) is 1.90. The molecular weight excluding hydrogens is 470 g/mol. The van der Waals surface area contributed by atoms with Crippen molar-refractivity contribution in [2.24, 2.45) is 0 Å². The van der Waals surface area contributed by atoms with E-state index in [9.17, 15) is 4.79 Å². The first kappa shape index (κ1) is 20.2. The first-order valence-corrected chi connectivity index (χ1v) is 10.5. The number of amides is 1. The number of nitrogens with one attached hydrogen (secondary N) is 2. The SMILES string of the molecule is COc1cc(NC(=O)c2csc(-c3c[nH]c4ccc(Br)cc34)n2)cc(OC)c1OC. The van der Waals surface area contributed by atoms with Gasteiger partial charge in [0.2, 0.25) is 5.75 Å².